The third kappa shape index (κ3) is 2.71. The zero-order chi connectivity index (χ0) is 17.5. The number of nitrogens with zero attached hydrogens (tertiary/aromatic N) is 2. The van der Waals surface area contributed by atoms with Gasteiger partial charge in [0.1, 0.15) is 10.7 Å². The highest BCUT2D eigenvalue weighted by molar-refractivity contribution is 7.91. The molecule has 0 radical (unpaired) electrons. The van der Waals surface area contributed by atoms with Crippen LogP contribution in [0.15, 0.2) is 52.4 Å². The topological polar surface area (TPSA) is 70.8 Å². The van der Waals surface area contributed by atoms with Crippen LogP contribution in [0.5, 0.6) is 0 Å². The van der Waals surface area contributed by atoms with Crippen molar-refractivity contribution in [3.63, 3.8) is 0 Å². The minimum Gasteiger partial charge on any atom is -0.255 e. The Morgan fingerprint density at radius 3 is 2.54 bits per heavy atom. The molecule has 0 saturated heterocycles. The smallest absolute Gasteiger partial charge is 0.209 e. The van der Waals surface area contributed by atoms with Crippen molar-refractivity contribution in [3.8, 4) is 6.07 Å². The van der Waals surface area contributed by atoms with E-state index in [2.05, 4.69) is 4.98 Å². The van der Waals surface area contributed by atoms with E-state index in [1.807, 2.05) is 6.07 Å². The van der Waals surface area contributed by atoms with E-state index in [4.69, 9.17) is 28.5 Å². The van der Waals surface area contributed by atoms with Crippen LogP contribution < -0.4 is 0 Å². The van der Waals surface area contributed by atoms with Crippen LogP contribution in [-0.2, 0) is 9.84 Å². The highest BCUT2D eigenvalue weighted by atomic mass is 35.5. The quantitative estimate of drug-likeness (QED) is 0.618. The largest absolute Gasteiger partial charge is 0.255 e. The van der Waals surface area contributed by atoms with Gasteiger partial charge in [0.15, 0.2) is 0 Å². The number of hydrogen-bond acceptors (Lipinski definition) is 4. The number of pyridine rings is 1. The van der Waals surface area contributed by atoms with Gasteiger partial charge in [-0.25, -0.2) is 12.8 Å². The Balaban J connectivity index is 2.23. The van der Waals surface area contributed by atoms with Crippen LogP contribution in [0.1, 0.15) is 5.56 Å². The molecule has 2 aromatic carbocycles. The number of halogens is 3. The van der Waals surface area contributed by atoms with Crippen molar-refractivity contribution in [3.05, 3.63) is 64.0 Å². The zero-order valence-electron chi connectivity index (χ0n) is 11.8. The number of benzene rings is 2. The Morgan fingerprint density at radius 1 is 1.12 bits per heavy atom. The molecule has 0 spiro atoms. The molecule has 0 saturated carbocycles. The minimum atomic E-state index is -4.03. The molecule has 0 unspecified atom stereocenters. The molecule has 0 bridgehead atoms. The monoisotopic (exact) mass is 380 g/mol. The third-order valence-corrected chi connectivity index (χ3v) is 5.96. The Bertz CT molecular complexity index is 1120. The second kappa shape index (κ2) is 6.02. The van der Waals surface area contributed by atoms with E-state index in [0.29, 0.717) is 16.5 Å². The van der Waals surface area contributed by atoms with E-state index < -0.39 is 15.7 Å². The molecule has 8 heteroatoms. The van der Waals surface area contributed by atoms with Gasteiger partial charge in [0.05, 0.1) is 32.1 Å². The number of nitriles is 1. The van der Waals surface area contributed by atoms with Crippen LogP contribution >= 0.6 is 23.2 Å². The summed E-state index contributed by atoms with van der Waals surface area (Å²) < 4.78 is 38.7. The summed E-state index contributed by atoms with van der Waals surface area (Å²) in [7, 11) is -4.03. The van der Waals surface area contributed by atoms with Crippen molar-refractivity contribution in [2.75, 3.05) is 0 Å². The summed E-state index contributed by atoms with van der Waals surface area (Å²) in [6.07, 6.45) is 1.11. The van der Waals surface area contributed by atoms with Gasteiger partial charge in [0, 0.05) is 11.6 Å². The summed E-state index contributed by atoms with van der Waals surface area (Å²) in [5, 5.41) is 8.96. The summed E-state index contributed by atoms with van der Waals surface area (Å²) >= 11 is 11.9. The molecule has 0 N–H and O–H groups in total. The van der Waals surface area contributed by atoms with Crippen molar-refractivity contribution >= 4 is 43.9 Å². The fourth-order valence-corrected chi connectivity index (χ4v) is 4.24. The molecule has 24 heavy (non-hydrogen) atoms. The molecule has 1 aromatic heterocycles. The second-order valence-corrected chi connectivity index (χ2v) is 7.56. The third-order valence-electron chi connectivity index (χ3n) is 3.39. The van der Waals surface area contributed by atoms with Gasteiger partial charge < -0.3 is 0 Å². The summed E-state index contributed by atoms with van der Waals surface area (Å²) in [6.45, 7) is 0. The summed E-state index contributed by atoms with van der Waals surface area (Å²) in [5.41, 5.74) is 0.780. The standard InChI is InChI=1S/C16H7Cl2FN2O2S/c17-12-6-10(2-4-13(12)19)24(22,23)15-8-21-14-5-9(7-20)1-3-11(14)16(15)18/h1-6,8H. The van der Waals surface area contributed by atoms with E-state index in [1.54, 1.807) is 0 Å². The van der Waals surface area contributed by atoms with E-state index in [1.165, 1.54) is 18.2 Å². The minimum absolute atomic E-state index is 0.0232. The fraction of sp³-hybridized carbons (Fsp3) is 0. The lowest BCUT2D eigenvalue weighted by molar-refractivity contribution is 0.594. The van der Waals surface area contributed by atoms with Crippen LogP contribution in [0.3, 0.4) is 0 Å². The van der Waals surface area contributed by atoms with Crippen molar-refractivity contribution in [2.24, 2.45) is 0 Å². The lowest BCUT2D eigenvalue weighted by Crippen LogP contribution is -2.04. The highest BCUT2D eigenvalue weighted by Gasteiger charge is 2.24. The normalized spacial score (nSPS) is 11.4. The SMILES string of the molecule is N#Cc1ccc2c(Cl)c(S(=O)(=O)c3ccc(F)c(Cl)c3)cnc2c1. The van der Waals surface area contributed by atoms with Gasteiger partial charge >= 0.3 is 0 Å². The molecule has 3 rings (SSSR count). The maximum atomic E-state index is 13.3. The molecule has 0 aliphatic heterocycles. The van der Waals surface area contributed by atoms with Gasteiger partial charge in [0.25, 0.3) is 0 Å². The maximum absolute atomic E-state index is 13.3. The predicted molar refractivity (Wildman–Crippen MR) is 88.3 cm³/mol. The first kappa shape index (κ1) is 16.7. The van der Waals surface area contributed by atoms with E-state index in [9.17, 15) is 12.8 Å². The van der Waals surface area contributed by atoms with Crippen LogP contribution in [-0.4, -0.2) is 13.4 Å². The molecule has 0 atom stereocenters. The van der Waals surface area contributed by atoms with Crippen molar-refractivity contribution in [1.29, 1.82) is 5.26 Å². The molecule has 120 valence electrons. The Kier molecular flexibility index (Phi) is 4.18. The molecule has 3 aromatic rings. The number of fused-ring (bicyclic) bond motifs is 1. The molecule has 0 fully saturated rings. The number of hydrogen-bond donors (Lipinski definition) is 0. The zero-order valence-corrected chi connectivity index (χ0v) is 14.1. The van der Waals surface area contributed by atoms with Gasteiger partial charge in [-0.1, -0.05) is 23.2 Å². The van der Waals surface area contributed by atoms with Crippen LogP contribution in [0.25, 0.3) is 10.9 Å². The molecule has 0 aliphatic rings. The number of aromatic nitrogens is 1. The molecule has 0 aliphatic carbocycles. The summed E-state index contributed by atoms with van der Waals surface area (Å²) in [5.74, 6) is -0.720. The van der Waals surface area contributed by atoms with E-state index in [-0.39, 0.29) is 19.8 Å². The van der Waals surface area contributed by atoms with Gasteiger partial charge in [-0.15, -0.1) is 0 Å². The van der Waals surface area contributed by atoms with Gasteiger partial charge in [-0.2, -0.15) is 5.26 Å². The predicted octanol–water partition coefficient (Wildman–Crippen LogP) is 4.39. The molecule has 0 amide bonds. The summed E-state index contributed by atoms with van der Waals surface area (Å²) in [4.78, 5) is 3.65. The number of rotatable bonds is 2. The average Bonchev–Trinajstić information content (AvgIpc) is 2.56. The van der Waals surface area contributed by atoms with Crippen molar-refractivity contribution in [1.82, 2.24) is 4.98 Å². The van der Waals surface area contributed by atoms with Gasteiger partial charge in [-0.05, 0) is 36.4 Å². The first-order chi connectivity index (χ1) is 11.3. The second-order valence-electron chi connectivity index (χ2n) is 4.86. The molecular weight excluding hydrogens is 374 g/mol. The molecule has 1 heterocycles. The van der Waals surface area contributed by atoms with Crippen molar-refractivity contribution in [2.45, 2.75) is 9.79 Å². The molecule has 4 nitrogen and oxygen atoms in total. The summed E-state index contributed by atoms with van der Waals surface area (Å²) in [6, 6.07) is 9.61. The lowest BCUT2D eigenvalue weighted by atomic mass is 10.1. The van der Waals surface area contributed by atoms with Crippen LogP contribution in [0.4, 0.5) is 4.39 Å². The molecular formula is C16H7Cl2FN2O2S. The lowest BCUT2D eigenvalue weighted by Gasteiger charge is -2.09. The maximum Gasteiger partial charge on any atom is 0.209 e. The highest BCUT2D eigenvalue weighted by Crippen LogP contribution is 2.33. The first-order valence-corrected chi connectivity index (χ1v) is 8.77. The van der Waals surface area contributed by atoms with Crippen LogP contribution in [0.2, 0.25) is 10.0 Å². The van der Waals surface area contributed by atoms with Crippen LogP contribution in [0, 0.1) is 17.1 Å². The van der Waals surface area contributed by atoms with E-state index >= 15 is 0 Å². The van der Waals surface area contributed by atoms with E-state index in [0.717, 1.165) is 24.4 Å². The fourth-order valence-electron chi connectivity index (χ4n) is 2.17. The number of sulfone groups is 1. The first-order valence-electron chi connectivity index (χ1n) is 6.53. The van der Waals surface area contributed by atoms with Crippen molar-refractivity contribution < 1.29 is 12.8 Å². The Labute approximate surface area is 147 Å². The van der Waals surface area contributed by atoms with Gasteiger partial charge in [0.2, 0.25) is 9.84 Å². The Hall–Kier alpha value is -2.20. The Morgan fingerprint density at radius 2 is 1.88 bits per heavy atom. The van der Waals surface area contributed by atoms with Gasteiger partial charge in [-0.3, -0.25) is 4.98 Å². The average molecular weight is 381 g/mol.